The zero-order valence-electron chi connectivity index (χ0n) is 14.0. The Kier molecular flexibility index (Phi) is 5.20. The molecular weight excluding hydrogens is 444 g/mol. The maximum atomic E-state index is 13.3. The summed E-state index contributed by atoms with van der Waals surface area (Å²) in [7, 11) is 0. The highest BCUT2D eigenvalue weighted by molar-refractivity contribution is 9.10. The summed E-state index contributed by atoms with van der Waals surface area (Å²) in [4.78, 5) is 18.1. The van der Waals surface area contributed by atoms with Crippen LogP contribution < -0.4 is 5.56 Å². The molecule has 0 radical (unpaired) electrons. The molecule has 2 aromatic carbocycles. The number of hydrogen-bond donors (Lipinski definition) is 0. The fourth-order valence-corrected chi connectivity index (χ4v) is 4.56. The summed E-state index contributed by atoms with van der Waals surface area (Å²) in [6.07, 6.45) is 1.81. The summed E-state index contributed by atoms with van der Waals surface area (Å²) in [6, 6.07) is 15.1. The minimum absolute atomic E-state index is 0.170. The van der Waals surface area contributed by atoms with Crippen LogP contribution in [0.5, 0.6) is 0 Å². The first-order chi connectivity index (χ1) is 13.2. The van der Waals surface area contributed by atoms with E-state index in [1.165, 1.54) is 23.1 Å². The van der Waals surface area contributed by atoms with Crippen LogP contribution in [0.1, 0.15) is 0 Å². The highest BCUT2D eigenvalue weighted by Crippen LogP contribution is 2.28. The predicted octanol–water partition coefficient (Wildman–Crippen LogP) is 4.94. The summed E-state index contributed by atoms with van der Waals surface area (Å²) in [5.41, 5.74) is 1.32. The molecule has 0 saturated carbocycles. The molecule has 0 aliphatic heterocycles. The second-order valence-corrected chi connectivity index (χ2v) is 8.69. The third-order valence-electron chi connectivity index (χ3n) is 3.77. The minimum Gasteiger partial charge on any atom is -0.268 e. The quantitative estimate of drug-likeness (QED) is 0.314. The third-order valence-corrected chi connectivity index (χ3v) is 6.30. The van der Waals surface area contributed by atoms with E-state index < -0.39 is 0 Å². The third kappa shape index (κ3) is 3.60. The van der Waals surface area contributed by atoms with Crippen LogP contribution >= 0.6 is 39.0 Å². The highest BCUT2D eigenvalue weighted by Gasteiger charge is 2.18. The van der Waals surface area contributed by atoms with E-state index in [0.29, 0.717) is 21.9 Å². The Morgan fingerprint density at radius 3 is 2.78 bits per heavy atom. The lowest BCUT2D eigenvalue weighted by molar-refractivity contribution is 0.903. The second-order valence-electron chi connectivity index (χ2n) is 5.55. The summed E-state index contributed by atoms with van der Waals surface area (Å²) in [5.74, 6) is 1.28. The fourth-order valence-electron chi connectivity index (χ4n) is 2.60. The van der Waals surface area contributed by atoms with Gasteiger partial charge in [-0.1, -0.05) is 75.4 Å². The van der Waals surface area contributed by atoms with Crippen LogP contribution in [0.25, 0.3) is 27.4 Å². The summed E-state index contributed by atoms with van der Waals surface area (Å²) >= 11 is 6.33. The molecular formula is C19H13BrN4OS2. The smallest absolute Gasteiger partial charge is 0.268 e. The van der Waals surface area contributed by atoms with Crippen LogP contribution in [0.4, 0.5) is 0 Å². The Bertz CT molecular complexity index is 1190. The van der Waals surface area contributed by atoms with Crippen LogP contribution in [0, 0.1) is 0 Å². The van der Waals surface area contributed by atoms with Crippen LogP contribution in [0.15, 0.2) is 74.8 Å². The van der Waals surface area contributed by atoms with Crippen molar-refractivity contribution in [3.8, 4) is 16.5 Å². The van der Waals surface area contributed by atoms with Gasteiger partial charge in [-0.15, -0.1) is 16.8 Å². The molecule has 27 heavy (non-hydrogen) atoms. The van der Waals surface area contributed by atoms with Gasteiger partial charge < -0.3 is 0 Å². The molecule has 0 saturated heterocycles. The van der Waals surface area contributed by atoms with Crippen molar-refractivity contribution in [3.63, 3.8) is 0 Å². The lowest BCUT2D eigenvalue weighted by Crippen LogP contribution is -2.22. The number of aromatic nitrogens is 4. The zero-order valence-corrected chi connectivity index (χ0v) is 17.2. The standard InChI is InChI=1S/C19H13BrN4OS2/c1-2-10-26-19-23-22-18(27-19)24-16(12-6-4-3-5-7-12)21-15-9-8-13(20)11-14(15)17(24)25/h2-9,11H,1,10H2. The molecule has 2 heterocycles. The molecule has 0 unspecified atom stereocenters. The SMILES string of the molecule is C=CCSc1nnc(-n2c(-c3ccccc3)nc3ccc(Br)cc3c2=O)s1. The second kappa shape index (κ2) is 7.75. The van der Waals surface area contributed by atoms with Gasteiger partial charge in [-0.3, -0.25) is 4.79 Å². The lowest BCUT2D eigenvalue weighted by Gasteiger charge is -2.11. The number of rotatable bonds is 5. The van der Waals surface area contributed by atoms with Crippen molar-refractivity contribution < 1.29 is 0 Å². The maximum absolute atomic E-state index is 13.3. The van der Waals surface area contributed by atoms with Gasteiger partial charge in [0.05, 0.1) is 10.9 Å². The molecule has 0 aliphatic rings. The Balaban J connectivity index is 1.99. The van der Waals surface area contributed by atoms with Gasteiger partial charge in [0, 0.05) is 15.8 Å². The lowest BCUT2D eigenvalue weighted by atomic mass is 10.2. The molecule has 134 valence electrons. The average molecular weight is 457 g/mol. The van der Waals surface area contributed by atoms with E-state index >= 15 is 0 Å². The van der Waals surface area contributed by atoms with Crippen LogP contribution in [-0.4, -0.2) is 25.5 Å². The molecule has 0 atom stereocenters. The molecule has 0 fully saturated rings. The van der Waals surface area contributed by atoms with Crippen LogP contribution in [0.3, 0.4) is 0 Å². The van der Waals surface area contributed by atoms with Gasteiger partial charge in [0.15, 0.2) is 4.34 Å². The summed E-state index contributed by atoms with van der Waals surface area (Å²) in [6.45, 7) is 3.72. The molecule has 8 heteroatoms. The average Bonchev–Trinajstić information content (AvgIpc) is 3.16. The number of halogens is 1. The van der Waals surface area contributed by atoms with Gasteiger partial charge in [-0.05, 0) is 18.2 Å². The molecule has 0 aliphatic carbocycles. The molecule has 4 aromatic rings. The van der Waals surface area contributed by atoms with Gasteiger partial charge in [0.2, 0.25) is 5.13 Å². The number of hydrogen-bond acceptors (Lipinski definition) is 6. The van der Waals surface area contributed by atoms with E-state index in [0.717, 1.165) is 20.1 Å². The Hall–Kier alpha value is -2.29. The van der Waals surface area contributed by atoms with Crippen molar-refractivity contribution in [3.05, 3.63) is 76.0 Å². The van der Waals surface area contributed by atoms with Gasteiger partial charge >= 0.3 is 0 Å². The maximum Gasteiger partial charge on any atom is 0.268 e. The monoisotopic (exact) mass is 456 g/mol. The van der Waals surface area contributed by atoms with Crippen molar-refractivity contribution in [2.75, 3.05) is 5.75 Å². The first-order valence-electron chi connectivity index (χ1n) is 8.02. The van der Waals surface area contributed by atoms with E-state index in [-0.39, 0.29) is 5.56 Å². The van der Waals surface area contributed by atoms with Gasteiger partial charge in [0.1, 0.15) is 5.82 Å². The topological polar surface area (TPSA) is 60.7 Å². The van der Waals surface area contributed by atoms with E-state index in [1.54, 1.807) is 10.6 Å². The van der Waals surface area contributed by atoms with Gasteiger partial charge in [-0.2, -0.15) is 0 Å². The van der Waals surface area contributed by atoms with Gasteiger partial charge in [0.25, 0.3) is 5.56 Å². The summed E-state index contributed by atoms with van der Waals surface area (Å²) in [5, 5.41) is 9.46. The highest BCUT2D eigenvalue weighted by atomic mass is 79.9. The number of nitrogens with zero attached hydrogens (tertiary/aromatic N) is 4. The Morgan fingerprint density at radius 1 is 1.19 bits per heavy atom. The number of benzene rings is 2. The first kappa shape index (κ1) is 18.1. The molecule has 0 spiro atoms. The van der Waals surface area contributed by atoms with Crippen molar-refractivity contribution in [2.45, 2.75) is 4.34 Å². The molecule has 0 N–H and O–H groups in total. The van der Waals surface area contributed by atoms with E-state index in [9.17, 15) is 4.79 Å². The van der Waals surface area contributed by atoms with Crippen molar-refractivity contribution in [1.29, 1.82) is 0 Å². The van der Waals surface area contributed by atoms with Gasteiger partial charge in [-0.25, -0.2) is 9.55 Å². The Labute approximate surface area is 171 Å². The molecule has 5 nitrogen and oxygen atoms in total. The largest absolute Gasteiger partial charge is 0.268 e. The van der Waals surface area contributed by atoms with Crippen molar-refractivity contribution in [1.82, 2.24) is 19.7 Å². The fraction of sp³-hybridized carbons (Fsp3) is 0.0526. The van der Waals surface area contributed by atoms with Crippen LogP contribution in [0.2, 0.25) is 0 Å². The molecule has 2 aromatic heterocycles. The van der Waals surface area contributed by atoms with E-state index in [2.05, 4.69) is 32.7 Å². The molecule has 0 amide bonds. The van der Waals surface area contributed by atoms with E-state index in [4.69, 9.17) is 4.98 Å². The number of thioether (sulfide) groups is 1. The molecule has 4 rings (SSSR count). The predicted molar refractivity (Wildman–Crippen MR) is 115 cm³/mol. The summed E-state index contributed by atoms with van der Waals surface area (Å²) < 4.78 is 3.15. The minimum atomic E-state index is -0.170. The Morgan fingerprint density at radius 2 is 2.00 bits per heavy atom. The van der Waals surface area contributed by atoms with Crippen molar-refractivity contribution in [2.24, 2.45) is 0 Å². The first-order valence-corrected chi connectivity index (χ1v) is 10.6. The van der Waals surface area contributed by atoms with Crippen molar-refractivity contribution >= 4 is 49.9 Å². The zero-order chi connectivity index (χ0) is 18.8. The van der Waals surface area contributed by atoms with E-state index in [1.807, 2.05) is 48.5 Å². The normalized spacial score (nSPS) is 11.0. The van der Waals surface area contributed by atoms with Crippen LogP contribution in [-0.2, 0) is 0 Å². The number of fused-ring (bicyclic) bond motifs is 1. The molecule has 0 bridgehead atoms.